The average Bonchev–Trinajstić information content (AvgIpc) is 3.30. The number of aromatic hydroxyl groups is 1. The Labute approximate surface area is 171 Å². The van der Waals surface area contributed by atoms with E-state index in [4.69, 9.17) is 0 Å². The SMILES string of the molecule is O=C(c1ccc(S(=O)(=O)N2CCCC2)cc1)N1CCN(c2ccc(O)cc2)CC1. The molecular weight excluding hydrogens is 390 g/mol. The number of hydrogen-bond donors (Lipinski definition) is 1. The molecule has 0 radical (unpaired) electrons. The van der Waals surface area contributed by atoms with Gasteiger partial charge in [0.1, 0.15) is 5.75 Å². The highest BCUT2D eigenvalue weighted by Gasteiger charge is 2.28. The van der Waals surface area contributed by atoms with Gasteiger partial charge in [-0.15, -0.1) is 0 Å². The summed E-state index contributed by atoms with van der Waals surface area (Å²) in [5.41, 5.74) is 1.52. The van der Waals surface area contributed by atoms with Gasteiger partial charge in [0.25, 0.3) is 5.91 Å². The van der Waals surface area contributed by atoms with Crippen molar-refractivity contribution in [2.24, 2.45) is 0 Å². The molecule has 0 saturated carbocycles. The van der Waals surface area contributed by atoms with Crippen LogP contribution >= 0.6 is 0 Å². The van der Waals surface area contributed by atoms with Crippen molar-refractivity contribution < 1.29 is 18.3 Å². The van der Waals surface area contributed by atoms with E-state index in [-0.39, 0.29) is 16.6 Å². The van der Waals surface area contributed by atoms with Crippen LogP contribution in [0.5, 0.6) is 5.75 Å². The minimum atomic E-state index is -3.46. The van der Waals surface area contributed by atoms with E-state index in [0.29, 0.717) is 44.8 Å². The number of rotatable bonds is 4. The molecule has 0 spiro atoms. The number of carbonyl (C=O) groups is 1. The Kier molecular flexibility index (Phi) is 5.47. The molecule has 1 amide bonds. The summed E-state index contributed by atoms with van der Waals surface area (Å²) in [5.74, 6) is 0.151. The second kappa shape index (κ2) is 8.04. The Morgan fingerprint density at radius 1 is 0.793 bits per heavy atom. The van der Waals surface area contributed by atoms with Crippen molar-refractivity contribution in [3.05, 3.63) is 54.1 Å². The molecule has 0 atom stereocenters. The van der Waals surface area contributed by atoms with Crippen LogP contribution in [0.15, 0.2) is 53.4 Å². The maximum atomic E-state index is 12.8. The van der Waals surface area contributed by atoms with Crippen LogP contribution in [0.25, 0.3) is 0 Å². The van der Waals surface area contributed by atoms with Crippen LogP contribution in [0.1, 0.15) is 23.2 Å². The lowest BCUT2D eigenvalue weighted by Crippen LogP contribution is -2.48. The quantitative estimate of drug-likeness (QED) is 0.828. The molecule has 2 saturated heterocycles. The highest BCUT2D eigenvalue weighted by atomic mass is 32.2. The van der Waals surface area contributed by atoms with Gasteiger partial charge in [0.2, 0.25) is 10.0 Å². The van der Waals surface area contributed by atoms with Gasteiger partial charge in [-0.1, -0.05) is 0 Å². The molecule has 2 aliphatic rings. The Morgan fingerprint density at radius 3 is 1.97 bits per heavy atom. The van der Waals surface area contributed by atoms with Crippen LogP contribution in [0, 0.1) is 0 Å². The number of amides is 1. The summed E-state index contributed by atoms with van der Waals surface area (Å²) in [6.07, 6.45) is 1.79. The topological polar surface area (TPSA) is 81.2 Å². The van der Waals surface area contributed by atoms with Gasteiger partial charge >= 0.3 is 0 Å². The molecule has 0 unspecified atom stereocenters. The lowest BCUT2D eigenvalue weighted by Gasteiger charge is -2.36. The van der Waals surface area contributed by atoms with Gasteiger partial charge < -0.3 is 14.9 Å². The van der Waals surface area contributed by atoms with Crippen molar-refractivity contribution in [2.45, 2.75) is 17.7 Å². The summed E-state index contributed by atoms with van der Waals surface area (Å²) in [4.78, 5) is 17.0. The third-order valence-corrected chi connectivity index (χ3v) is 7.50. The molecule has 0 bridgehead atoms. The van der Waals surface area contributed by atoms with Crippen molar-refractivity contribution in [3.8, 4) is 5.75 Å². The summed E-state index contributed by atoms with van der Waals surface area (Å²) in [7, 11) is -3.46. The number of hydrogen-bond acceptors (Lipinski definition) is 5. The predicted octanol–water partition coefficient (Wildman–Crippen LogP) is 2.14. The number of phenolic OH excluding ortho intramolecular Hbond substituents is 1. The van der Waals surface area contributed by atoms with Crippen LogP contribution < -0.4 is 4.90 Å². The van der Waals surface area contributed by atoms with Crippen molar-refractivity contribution in [1.82, 2.24) is 9.21 Å². The van der Waals surface area contributed by atoms with E-state index in [1.165, 1.54) is 16.4 Å². The zero-order valence-corrected chi connectivity index (χ0v) is 17.0. The molecule has 2 fully saturated rings. The first-order valence-electron chi connectivity index (χ1n) is 9.89. The van der Waals surface area contributed by atoms with E-state index in [1.807, 2.05) is 12.1 Å². The minimum absolute atomic E-state index is 0.0829. The largest absolute Gasteiger partial charge is 0.508 e. The molecule has 0 aliphatic carbocycles. The van der Waals surface area contributed by atoms with Crippen LogP contribution in [-0.4, -0.2) is 67.9 Å². The van der Waals surface area contributed by atoms with Gasteiger partial charge in [-0.25, -0.2) is 8.42 Å². The first-order chi connectivity index (χ1) is 13.9. The molecular formula is C21H25N3O4S. The number of piperazine rings is 1. The Morgan fingerprint density at radius 2 is 1.38 bits per heavy atom. The van der Waals surface area contributed by atoms with Gasteiger partial charge in [-0.05, 0) is 61.4 Å². The Balaban J connectivity index is 1.39. The lowest BCUT2D eigenvalue weighted by molar-refractivity contribution is 0.0746. The maximum absolute atomic E-state index is 12.8. The molecule has 2 heterocycles. The number of carbonyl (C=O) groups excluding carboxylic acids is 1. The van der Waals surface area contributed by atoms with Crippen molar-refractivity contribution in [2.75, 3.05) is 44.2 Å². The van der Waals surface area contributed by atoms with Crippen molar-refractivity contribution in [3.63, 3.8) is 0 Å². The van der Waals surface area contributed by atoms with Gasteiger partial charge in [-0.3, -0.25) is 4.79 Å². The standard InChI is InChI=1S/C21H25N3O4S/c25-19-7-5-18(6-8-19)22-13-15-23(16-14-22)21(26)17-3-9-20(10-4-17)29(27,28)24-11-1-2-12-24/h3-10,25H,1-2,11-16H2. The van der Waals surface area contributed by atoms with Crippen LogP contribution in [0.2, 0.25) is 0 Å². The number of anilines is 1. The lowest BCUT2D eigenvalue weighted by atomic mass is 10.1. The molecule has 1 N–H and O–H groups in total. The third-order valence-electron chi connectivity index (χ3n) is 5.59. The Bertz CT molecular complexity index is 960. The molecule has 7 nitrogen and oxygen atoms in total. The van der Waals surface area contributed by atoms with Gasteiger partial charge in [-0.2, -0.15) is 4.31 Å². The second-order valence-corrected chi connectivity index (χ2v) is 9.37. The summed E-state index contributed by atoms with van der Waals surface area (Å²) in [6.45, 7) is 3.72. The number of benzene rings is 2. The smallest absolute Gasteiger partial charge is 0.253 e. The molecule has 2 aromatic rings. The fraction of sp³-hybridized carbons (Fsp3) is 0.381. The number of phenols is 1. The fourth-order valence-corrected chi connectivity index (χ4v) is 5.38. The fourth-order valence-electron chi connectivity index (χ4n) is 3.86. The van der Waals surface area contributed by atoms with Crippen molar-refractivity contribution in [1.29, 1.82) is 0 Å². The monoisotopic (exact) mass is 415 g/mol. The zero-order chi connectivity index (χ0) is 20.4. The molecule has 4 rings (SSSR count). The summed E-state index contributed by atoms with van der Waals surface area (Å²) in [5, 5.41) is 9.42. The average molecular weight is 416 g/mol. The third kappa shape index (κ3) is 4.09. The summed E-state index contributed by atoms with van der Waals surface area (Å²) < 4.78 is 26.7. The maximum Gasteiger partial charge on any atom is 0.253 e. The zero-order valence-electron chi connectivity index (χ0n) is 16.2. The van der Waals surface area contributed by atoms with Gasteiger partial charge in [0.05, 0.1) is 4.90 Å². The first kappa shape index (κ1) is 19.7. The summed E-state index contributed by atoms with van der Waals surface area (Å²) >= 11 is 0. The van der Waals surface area contributed by atoms with Crippen molar-refractivity contribution >= 4 is 21.6 Å². The number of nitrogens with zero attached hydrogens (tertiary/aromatic N) is 3. The van der Waals surface area contributed by atoms with E-state index >= 15 is 0 Å². The highest BCUT2D eigenvalue weighted by molar-refractivity contribution is 7.89. The van der Waals surface area contributed by atoms with E-state index in [1.54, 1.807) is 29.2 Å². The van der Waals surface area contributed by atoms with Crippen LogP contribution in [0.4, 0.5) is 5.69 Å². The molecule has 2 aliphatic heterocycles. The van der Waals surface area contributed by atoms with Gasteiger partial charge in [0, 0.05) is 50.5 Å². The molecule has 154 valence electrons. The van der Waals surface area contributed by atoms with Gasteiger partial charge in [0.15, 0.2) is 0 Å². The van der Waals surface area contributed by atoms with Crippen LogP contribution in [-0.2, 0) is 10.0 Å². The molecule has 29 heavy (non-hydrogen) atoms. The summed E-state index contributed by atoms with van der Waals surface area (Å²) in [6, 6.07) is 13.3. The predicted molar refractivity (Wildman–Crippen MR) is 111 cm³/mol. The van der Waals surface area contributed by atoms with E-state index < -0.39 is 10.0 Å². The minimum Gasteiger partial charge on any atom is -0.508 e. The second-order valence-electron chi connectivity index (χ2n) is 7.43. The van der Waals surface area contributed by atoms with Crippen LogP contribution in [0.3, 0.4) is 0 Å². The molecule has 8 heteroatoms. The first-order valence-corrected chi connectivity index (χ1v) is 11.3. The highest BCUT2D eigenvalue weighted by Crippen LogP contribution is 2.23. The molecule has 2 aromatic carbocycles. The number of sulfonamides is 1. The van der Waals surface area contributed by atoms with E-state index in [0.717, 1.165) is 18.5 Å². The Hall–Kier alpha value is -2.58. The van der Waals surface area contributed by atoms with E-state index in [9.17, 15) is 18.3 Å². The normalized spacial score (nSPS) is 18.2. The van der Waals surface area contributed by atoms with E-state index in [2.05, 4.69) is 4.90 Å². The molecule has 0 aromatic heterocycles.